The van der Waals surface area contributed by atoms with Crippen LogP contribution in [0.15, 0.2) is 72.9 Å². The van der Waals surface area contributed by atoms with Gasteiger partial charge < -0.3 is 9.80 Å². The number of benzene rings is 2. The number of rotatable bonds is 5. The van der Waals surface area contributed by atoms with Crippen molar-refractivity contribution in [1.29, 1.82) is 0 Å². The van der Waals surface area contributed by atoms with E-state index in [1.165, 1.54) is 16.0 Å². The molecule has 1 amide bonds. The lowest BCUT2D eigenvalue weighted by molar-refractivity contribution is -0.929. The summed E-state index contributed by atoms with van der Waals surface area (Å²) >= 11 is 0. The number of piperazine rings is 1. The fraction of sp³-hybridized carbons (Fsp3) is 0.304. The SMILES string of the molecule is CCn1ccc(C(=O)N2CC[NH+](C(c3ccccc3)c3ccccc3)CC2)n1. The van der Waals surface area contributed by atoms with E-state index in [1.54, 1.807) is 4.68 Å². The molecule has 0 saturated carbocycles. The van der Waals surface area contributed by atoms with E-state index in [4.69, 9.17) is 0 Å². The lowest BCUT2D eigenvalue weighted by atomic mass is 9.96. The van der Waals surface area contributed by atoms with Crippen molar-refractivity contribution in [2.75, 3.05) is 26.2 Å². The highest BCUT2D eigenvalue weighted by Gasteiger charge is 2.32. The number of amides is 1. The van der Waals surface area contributed by atoms with Gasteiger partial charge in [-0.3, -0.25) is 9.48 Å². The van der Waals surface area contributed by atoms with Crippen LogP contribution in [0.2, 0.25) is 0 Å². The van der Waals surface area contributed by atoms with Crippen molar-refractivity contribution in [3.8, 4) is 0 Å². The van der Waals surface area contributed by atoms with Crippen molar-refractivity contribution in [3.05, 3.63) is 89.7 Å². The molecule has 144 valence electrons. The molecule has 2 heterocycles. The molecule has 5 nitrogen and oxygen atoms in total. The second kappa shape index (κ2) is 8.40. The zero-order valence-electron chi connectivity index (χ0n) is 16.3. The van der Waals surface area contributed by atoms with Gasteiger partial charge in [-0.05, 0) is 13.0 Å². The monoisotopic (exact) mass is 375 g/mol. The fourth-order valence-electron chi connectivity index (χ4n) is 4.05. The van der Waals surface area contributed by atoms with Gasteiger partial charge in [-0.25, -0.2) is 0 Å². The Morgan fingerprint density at radius 1 is 0.964 bits per heavy atom. The molecule has 1 aliphatic rings. The third-order valence-electron chi connectivity index (χ3n) is 5.55. The van der Waals surface area contributed by atoms with Crippen LogP contribution in [0.3, 0.4) is 0 Å². The first kappa shape index (κ1) is 18.4. The minimum absolute atomic E-state index is 0.0437. The summed E-state index contributed by atoms with van der Waals surface area (Å²) in [6.07, 6.45) is 1.87. The van der Waals surface area contributed by atoms with Gasteiger partial charge in [0.2, 0.25) is 0 Å². The summed E-state index contributed by atoms with van der Waals surface area (Å²) in [4.78, 5) is 16.2. The van der Waals surface area contributed by atoms with E-state index in [2.05, 4.69) is 65.8 Å². The molecule has 1 aromatic heterocycles. The van der Waals surface area contributed by atoms with Gasteiger partial charge in [-0.1, -0.05) is 60.7 Å². The van der Waals surface area contributed by atoms with E-state index in [9.17, 15) is 4.79 Å². The number of aryl methyl sites for hydroxylation is 1. The van der Waals surface area contributed by atoms with Crippen molar-refractivity contribution in [2.24, 2.45) is 0 Å². The van der Waals surface area contributed by atoms with Gasteiger partial charge >= 0.3 is 0 Å². The minimum atomic E-state index is 0.0437. The summed E-state index contributed by atoms with van der Waals surface area (Å²) in [6.45, 7) is 6.16. The standard InChI is InChI=1S/C23H26N4O/c1-2-27-14-13-21(24-27)23(28)26-17-15-25(16-18-26)22(19-9-5-3-6-10-19)20-11-7-4-8-12-20/h3-14,22H,2,15-18H2,1H3/p+1. The smallest absolute Gasteiger partial charge is 0.274 e. The molecule has 1 fully saturated rings. The summed E-state index contributed by atoms with van der Waals surface area (Å²) in [5.74, 6) is 0.0437. The van der Waals surface area contributed by atoms with E-state index in [0.717, 1.165) is 32.7 Å². The molecule has 0 atom stereocenters. The highest BCUT2D eigenvalue weighted by Crippen LogP contribution is 2.19. The minimum Gasteiger partial charge on any atom is -0.326 e. The Kier molecular flexibility index (Phi) is 5.53. The van der Waals surface area contributed by atoms with Crippen LogP contribution >= 0.6 is 0 Å². The average Bonchev–Trinajstić information content (AvgIpc) is 3.25. The number of hydrogen-bond donors (Lipinski definition) is 1. The van der Waals surface area contributed by atoms with Crippen molar-refractivity contribution >= 4 is 5.91 Å². The number of carbonyl (C=O) groups is 1. The second-order valence-electron chi connectivity index (χ2n) is 7.26. The number of hydrogen-bond acceptors (Lipinski definition) is 2. The molecule has 5 heteroatoms. The van der Waals surface area contributed by atoms with E-state index in [1.807, 2.05) is 24.1 Å². The van der Waals surface area contributed by atoms with E-state index in [0.29, 0.717) is 11.7 Å². The Morgan fingerprint density at radius 2 is 1.54 bits per heavy atom. The number of aromatic nitrogens is 2. The maximum atomic E-state index is 12.8. The lowest BCUT2D eigenvalue weighted by Crippen LogP contribution is -3.15. The van der Waals surface area contributed by atoms with Gasteiger partial charge in [0.15, 0.2) is 0 Å². The van der Waals surface area contributed by atoms with Gasteiger partial charge in [0.1, 0.15) is 11.7 Å². The van der Waals surface area contributed by atoms with E-state index < -0.39 is 0 Å². The van der Waals surface area contributed by atoms with E-state index >= 15 is 0 Å². The first-order valence-electron chi connectivity index (χ1n) is 10.0. The van der Waals surface area contributed by atoms with Gasteiger partial charge in [0.05, 0.1) is 26.2 Å². The highest BCUT2D eigenvalue weighted by molar-refractivity contribution is 5.92. The molecule has 1 aliphatic heterocycles. The van der Waals surface area contributed by atoms with Crippen LogP contribution < -0.4 is 4.90 Å². The van der Waals surface area contributed by atoms with Crippen molar-refractivity contribution < 1.29 is 9.69 Å². The number of nitrogens with zero attached hydrogens (tertiary/aromatic N) is 3. The van der Waals surface area contributed by atoms with Crippen LogP contribution in [0.25, 0.3) is 0 Å². The molecule has 1 saturated heterocycles. The van der Waals surface area contributed by atoms with Crippen LogP contribution in [0.4, 0.5) is 0 Å². The number of nitrogens with one attached hydrogen (secondary N) is 1. The zero-order valence-corrected chi connectivity index (χ0v) is 16.3. The third-order valence-corrected chi connectivity index (χ3v) is 5.55. The third kappa shape index (κ3) is 3.85. The Bertz CT molecular complexity index is 859. The molecule has 4 rings (SSSR count). The van der Waals surface area contributed by atoms with Crippen molar-refractivity contribution in [3.63, 3.8) is 0 Å². The van der Waals surface area contributed by atoms with Crippen molar-refractivity contribution in [1.82, 2.24) is 14.7 Å². The summed E-state index contributed by atoms with van der Waals surface area (Å²) in [7, 11) is 0. The maximum Gasteiger partial charge on any atom is 0.274 e. The molecule has 1 N–H and O–H groups in total. The summed E-state index contributed by atoms with van der Waals surface area (Å²) in [6, 6.07) is 23.5. The van der Waals surface area contributed by atoms with Crippen LogP contribution in [0, 0.1) is 0 Å². The summed E-state index contributed by atoms with van der Waals surface area (Å²) < 4.78 is 1.80. The van der Waals surface area contributed by atoms with Gasteiger partial charge in [-0.15, -0.1) is 0 Å². The molecule has 2 aromatic carbocycles. The molecule has 0 aliphatic carbocycles. The molecule has 3 aromatic rings. The van der Waals surface area contributed by atoms with Crippen molar-refractivity contribution in [2.45, 2.75) is 19.5 Å². The number of carbonyl (C=O) groups excluding carboxylic acids is 1. The maximum absolute atomic E-state index is 12.8. The van der Waals surface area contributed by atoms with Crippen LogP contribution in [-0.4, -0.2) is 46.8 Å². The topological polar surface area (TPSA) is 42.6 Å². The van der Waals surface area contributed by atoms with Crippen LogP contribution in [0.1, 0.15) is 34.6 Å². The zero-order chi connectivity index (χ0) is 19.3. The largest absolute Gasteiger partial charge is 0.326 e. The van der Waals surface area contributed by atoms with Gasteiger partial charge in [0, 0.05) is 23.9 Å². The first-order chi connectivity index (χ1) is 13.8. The average molecular weight is 375 g/mol. The summed E-state index contributed by atoms with van der Waals surface area (Å²) in [5.41, 5.74) is 3.20. The first-order valence-corrected chi connectivity index (χ1v) is 10.0. The number of quaternary nitrogens is 1. The Morgan fingerprint density at radius 3 is 2.04 bits per heavy atom. The van der Waals surface area contributed by atoms with Gasteiger partial charge in [-0.2, -0.15) is 5.10 Å². The molecular formula is C23H27N4O+. The second-order valence-corrected chi connectivity index (χ2v) is 7.26. The molecular weight excluding hydrogens is 348 g/mol. The normalized spacial score (nSPS) is 15.1. The van der Waals surface area contributed by atoms with Crippen LogP contribution in [0.5, 0.6) is 0 Å². The molecule has 28 heavy (non-hydrogen) atoms. The molecule has 0 bridgehead atoms. The predicted molar refractivity (Wildman–Crippen MR) is 109 cm³/mol. The Labute approximate surface area is 166 Å². The Hall–Kier alpha value is -2.92. The highest BCUT2D eigenvalue weighted by atomic mass is 16.2. The fourth-order valence-corrected chi connectivity index (χ4v) is 4.05. The van der Waals surface area contributed by atoms with Gasteiger partial charge in [0.25, 0.3) is 5.91 Å². The predicted octanol–water partition coefficient (Wildman–Crippen LogP) is 2.03. The molecule has 0 radical (unpaired) electrons. The quantitative estimate of drug-likeness (QED) is 0.742. The van der Waals surface area contributed by atoms with E-state index in [-0.39, 0.29) is 5.91 Å². The molecule has 0 unspecified atom stereocenters. The molecule has 0 spiro atoms. The van der Waals surface area contributed by atoms with Crippen LogP contribution in [-0.2, 0) is 6.54 Å². The summed E-state index contributed by atoms with van der Waals surface area (Å²) in [5, 5.41) is 4.37. The Balaban J connectivity index is 1.49. The lowest BCUT2D eigenvalue weighted by Gasteiger charge is -2.36.